The Kier molecular flexibility index (Phi) is 6.43. The van der Waals surface area contributed by atoms with E-state index in [2.05, 4.69) is 4.90 Å². The molecule has 0 saturated carbocycles. The number of carbonyl (C=O) groups excluding carboxylic acids is 2. The lowest BCUT2D eigenvalue weighted by Crippen LogP contribution is -2.59. The molecule has 1 atom stereocenters. The summed E-state index contributed by atoms with van der Waals surface area (Å²) in [6.07, 6.45) is 2.72. The number of carbonyl (C=O) groups is 2. The monoisotopic (exact) mass is 397 g/mol. The van der Waals surface area contributed by atoms with Crippen LogP contribution < -0.4 is 0 Å². The number of piperazine rings is 1. The van der Waals surface area contributed by atoms with Crippen LogP contribution >= 0.6 is 23.2 Å². The van der Waals surface area contributed by atoms with Gasteiger partial charge in [-0.2, -0.15) is 0 Å². The molecule has 0 bridgehead atoms. The van der Waals surface area contributed by atoms with Crippen molar-refractivity contribution in [1.82, 2.24) is 14.7 Å². The SMILES string of the molecule is CC(=O)N1CCN(C(=O)Cc2ccc(Cl)c(Cl)c2)[C@@H](CN2CCCC2)C1. The fourth-order valence-corrected chi connectivity index (χ4v) is 4.14. The molecule has 26 heavy (non-hydrogen) atoms. The number of amides is 2. The van der Waals surface area contributed by atoms with E-state index < -0.39 is 0 Å². The lowest BCUT2D eigenvalue weighted by Gasteiger charge is -2.42. The summed E-state index contributed by atoms with van der Waals surface area (Å²) >= 11 is 12.0. The Hall–Kier alpha value is -1.30. The summed E-state index contributed by atoms with van der Waals surface area (Å²) in [5, 5.41) is 0.955. The lowest BCUT2D eigenvalue weighted by molar-refractivity contribution is -0.142. The molecule has 2 aliphatic heterocycles. The third-order valence-electron chi connectivity index (χ3n) is 5.26. The first-order chi connectivity index (χ1) is 12.4. The van der Waals surface area contributed by atoms with E-state index in [-0.39, 0.29) is 17.9 Å². The van der Waals surface area contributed by atoms with E-state index in [0.717, 1.165) is 25.2 Å². The molecule has 2 heterocycles. The quantitative estimate of drug-likeness (QED) is 0.784. The standard InChI is InChI=1S/C19H25Cl2N3O2/c1-14(25)23-8-9-24(16(13-23)12-22-6-2-3-7-22)19(26)11-15-4-5-17(20)18(21)10-15/h4-5,10,16H,2-3,6-9,11-13H2,1H3/t16-/m0/s1. The number of benzene rings is 1. The lowest BCUT2D eigenvalue weighted by atomic mass is 10.1. The van der Waals surface area contributed by atoms with Gasteiger partial charge in [-0.05, 0) is 43.6 Å². The molecule has 5 nitrogen and oxygen atoms in total. The molecule has 2 saturated heterocycles. The second-order valence-corrected chi connectivity index (χ2v) is 7.95. The van der Waals surface area contributed by atoms with Crippen LogP contribution in [0.3, 0.4) is 0 Å². The zero-order valence-corrected chi connectivity index (χ0v) is 16.6. The minimum Gasteiger partial charge on any atom is -0.339 e. The number of likely N-dealkylation sites (tertiary alicyclic amines) is 1. The Morgan fingerprint density at radius 1 is 1.08 bits per heavy atom. The van der Waals surface area contributed by atoms with Gasteiger partial charge in [-0.15, -0.1) is 0 Å². The highest BCUT2D eigenvalue weighted by Gasteiger charge is 2.33. The van der Waals surface area contributed by atoms with Crippen LogP contribution in [0.1, 0.15) is 25.3 Å². The molecular weight excluding hydrogens is 373 g/mol. The maximum Gasteiger partial charge on any atom is 0.227 e. The molecule has 1 aromatic carbocycles. The maximum atomic E-state index is 13.0. The van der Waals surface area contributed by atoms with Crippen LogP contribution in [0.5, 0.6) is 0 Å². The highest BCUT2D eigenvalue weighted by atomic mass is 35.5. The molecule has 2 amide bonds. The van der Waals surface area contributed by atoms with Crippen molar-refractivity contribution in [3.8, 4) is 0 Å². The van der Waals surface area contributed by atoms with E-state index in [9.17, 15) is 9.59 Å². The number of rotatable bonds is 4. The third-order valence-corrected chi connectivity index (χ3v) is 5.99. The van der Waals surface area contributed by atoms with Gasteiger partial charge in [0.15, 0.2) is 0 Å². The molecule has 0 radical (unpaired) electrons. The molecule has 1 aromatic rings. The summed E-state index contributed by atoms with van der Waals surface area (Å²) in [6, 6.07) is 5.36. The van der Waals surface area contributed by atoms with Crippen molar-refractivity contribution in [3.05, 3.63) is 33.8 Å². The van der Waals surface area contributed by atoms with Gasteiger partial charge in [-0.3, -0.25) is 9.59 Å². The average Bonchev–Trinajstić information content (AvgIpc) is 3.11. The largest absolute Gasteiger partial charge is 0.339 e. The Bertz CT molecular complexity index is 677. The van der Waals surface area contributed by atoms with Crippen LogP contribution in [0, 0.1) is 0 Å². The minimum atomic E-state index is 0.0426. The number of hydrogen-bond donors (Lipinski definition) is 0. The predicted octanol–water partition coefficient (Wildman–Crippen LogP) is 2.69. The summed E-state index contributed by atoms with van der Waals surface area (Å²) < 4.78 is 0. The molecule has 142 valence electrons. The van der Waals surface area contributed by atoms with Gasteiger partial charge in [-0.1, -0.05) is 29.3 Å². The van der Waals surface area contributed by atoms with Crippen LogP contribution in [0.15, 0.2) is 18.2 Å². The van der Waals surface area contributed by atoms with Crippen LogP contribution in [-0.4, -0.2) is 71.8 Å². The fourth-order valence-electron chi connectivity index (χ4n) is 3.81. The fraction of sp³-hybridized carbons (Fsp3) is 0.579. The zero-order chi connectivity index (χ0) is 18.7. The zero-order valence-electron chi connectivity index (χ0n) is 15.1. The van der Waals surface area contributed by atoms with Crippen molar-refractivity contribution in [1.29, 1.82) is 0 Å². The van der Waals surface area contributed by atoms with Gasteiger partial charge >= 0.3 is 0 Å². The number of halogens is 2. The topological polar surface area (TPSA) is 43.9 Å². The first-order valence-corrected chi connectivity index (χ1v) is 9.91. The van der Waals surface area contributed by atoms with E-state index in [0.29, 0.717) is 36.1 Å². The van der Waals surface area contributed by atoms with Crippen LogP contribution in [-0.2, 0) is 16.0 Å². The van der Waals surface area contributed by atoms with Gasteiger partial charge in [0.2, 0.25) is 11.8 Å². The Labute approximate surface area is 164 Å². The van der Waals surface area contributed by atoms with E-state index in [1.54, 1.807) is 19.1 Å². The van der Waals surface area contributed by atoms with Crippen molar-refractivity contribution in [2.75, 3.05) is 39.3 Å². The second-order valence-electron chi connectivity index (χ2n) is 7.14. The Morgan fingerprint density at radius 2 is 1.81 bits per heavy atom. The van der Waals surface area contributed by atoms with E-state index >= 15 is 0 Å². The summed E-state index contributed by atoms with van der Waals surface area (Å²) in [7, 11) is 0. The summed E-state index contributed by atoms with van der Waals surface area (Å²) in [6.45, 7) is 6.37. The van der Waals surface area contributed by atoms with Crippen molar-refractivity contribution >= 4 is 35.0 Å². The molecule has 0 spiro atoms. The molecule has 0 aliphatic carbocycles. The van der Waals surface area contributed by atoms with Gasteiger partial charge in [-0.25, -0.2) is 0 Å². The van der Waals surface area contributed by atoms with Crippen molar-refractivity contribution in [3.63, 3.8) is 0 Å². The van der Waals surface area contributed by atoms with E-state index in [1.807, 2.05) is 15.9 Å². The van der Waals surface area contributed by atoms with E-state index in [1.165, 1.54) is 12.8 Å². The average molecular weight is 398 g/mol. The van der Waals surface area contributed by atoms with Gasteiger partial charge in [0, 0.05) is 33.1 Å². The molecule has 2 fully saturated rings. The van der Waals surface area contributed by atoms with Crippen molar-refractivity contribution < 1.29 is 9.59 Å². The molecule has 0 N–H and O–H groups in total. The van der Waals surface area contributed by atoms with Crippen molar-refractivity contribution in [2.45, 2.75) is 32.2 Å². The highest BCUT2D eigenvalue weighted by molar-refractivity contribution is 6.42. The molecular formula is C19H25Cl2N3O2. The number of nitrogens with zero attached hydrogens (tertiary/aromatic N) is 3. The second kappa shape index (κ2) is 8.59. The van der Waals surface area contributed by atoms with E-state index in [4.69, 9.17) is 23.2 Å². The van der Waals surface area contributed by atoms with Gasteiger partial charge in [0.05, 0.1) is 22.5 Å². The van der Waals surface area contributed by atoms with Gasteiger partial charge in [0.25, 0.3) is 0 Å². The Morgan fingerprint density at radius 3 is 2.46 bits per heavy atom. The first-order valence-electron chi connectivity index (χ1n) is 9.15. The summed E-state index contributed by atoms with van der Waals surface area (Å²) in [5.41, 5.74) is 0.860. The Balaban J connectivity index is 1.70. The summed E-state index contributed by atoms with van der Waals surface area (Å²) in [5.74, 6) is 0.156. The normalized spacial score (nSPS) is 21.3. The molecule has 0 aromatic heterocycles. The smallest absolute Gasteiger partial charge is 0.227 e. The van der Waals surface area contributed by atoms with Gasteiger partial charge in [0.1, 0.15) is 0 Å². The first kappa shape index (κ1) is 19.5. The van der Waals surface area contributed by atoms with Crippen molar-refractivity contribution in [2.24, 2.45) is 0 Å². The highest BCUT2D eigenvalue weighted by Crippen LogP contribution is 2.24. The predicted molar refractivity (Wildman–Crippen MR) is 104 cm³/mol. The third kappa shape index (κ3) is 4.70. The molecule has 7 heteroatoms. The molecule has 2 aliphatic rings. The number of hydrogen-bond acceptors (Lipinski definition) is 3. The molecule has 0 unspecified atom stereocenters. The summed E-state index contributed by atoms with van der Waals surface area (Å²) in [4.78, 5) is 30.9. The van der Waals surface area contributed by atoms with Crippen LogP contribution in [0.4, 0.5) is 0 Å². The van der Waals surface area contributed by atoms with Crippen LogP contribution in [0.25, 0.3) is 0 Å². The van der Waals surface area contributed by atoms with Gasteiger partial charge < -0.3 is 14.7 Å². The molecule has 3 rings (SSSR count). The minimum absolute atomic E-state index is 0.0426. The maximum absolute atomic E-state index is 13.0. The van der Waals surface area contributed by atoms with Crippen LogP contribution in [0.2, 0.25) is 10.0 Å².